The summed E-state index contributed by atoms with van der Waals surface area (Å²) in [6, 6.07) is 0. The minimum Gasteiger partial charge on any atom is -0.315 e. The number of hydrogen-bond donors (Lipinski definition) is 1. The highest BCUT2D eigenvalue weighted by Crippen LogP contribution is 2.35. The van der Waals surface area contributed by atoms with E-state index in [9.17, 15) is 13.2 Å². The molecule has 0 aliphatic heterocycles. The van der Waals surface area contributed by atoms with Crippen LogP contribution in [0.5, 0.6) is 0 Å². The van der Waals surface area contributed by atoms with Crippen LogP contribution in [0.25, 0.3) is 0 Å². The molecule has 0 aromatic rings. The molecule has 1 unspecified atom stereocenters. The molecular formula is C9H15ClF3N. The highest BCUT2D eigenvalue weighted by atomic mass is 35.5. The lowest BCUT2D eigenvalue weighted by Gasteiger charge is -2.10. The van der Waals surface area contributed by atoms with Gasteiger partial charge in [0.2, 0.25) is 0 Å². The molecule has 0 aromatic heterocycles. The Kier molecular flexibility index (Phi) is 4.51. The third-order valence-corrected chi connectivity index (χ3v) is 2.80. The second-order valence-corrected chi connectivity index (χ2v) is 4.34. The average molecular weight is 230 g/mol. The van der Waals surface area contributed by atoms with E-state index in [2.05, 4.69) is 5.32 Å². The van der Waals surface area contributed by atoms with E-state index in [0.717, 1.165) is 0 Å². The van der Waals surface area contributed by atoms with Crippen molar-refractivity contribution in [2.75, 3.05) is 13.1 Å². The van der Waals surface area contributed by atoms with E-state index in [0.29, 0.717) is 19.0 Å². The van der Waals surface area contributed by atoms with Gasteiger partial charge in [0.25, 0.3) is 0 Å². The normalized spacial score (nSPS) is 19.7. The molecule has 1 aliphatic rings. The molecule has 0 saturated heterocycles. The summed E-state index contributed by atoms with van der Waals surface area (Å²) in [5.41, 5.74) is 0. The van der Waals surface area contributed by atoms with Gasteiger partial charge in [-0.3, -0.25) is 0 Å². The molecule has 1 aliphatic carbocycles. The fraction of sp³-hybridized carbons (Fsp3) is 1.00. The van der Waals surface area contributed by atoms with E-state index in [4.69, 9.17) is 11.6 Å². The first kappa shape index (κ1) is 12.1. The lowest BCUT2D eigenvalue weighted by molar-refractivity contribution is -0.135. The topological polar surface area (TPSA) is 12.0 Å². The summed E-state index contributed by atoms with van der Waals surface area (Å²) in [4.78, 5) is 0. The Balaban J connectivity index is 1.88. The molecule has 1 rings (SSSR count). The highest BCUT2D eigenvalue weighted by molar-refractivity contribution is 6.21. The molecule has 84 valence electrons. The van der Waals surface area contributed by atoms with Gasteiger partial charge in [0.15, 0.2) is 0 Å². The van der Waals surface area contributed by atoms with Crippen molar-refractivity contribution >= 4 is 11.6 Å². The molecule has 0 heterocycles. The zero-order chi connectivity index (χ0) is 10.6. The molecule has 0 amide bonds. The van der Waals surface area contributed by atoms with Gasteiger partial charge in [-0.05, 0) is 31.7 Å². The molecule has 1 fully saturated rings. The van der Waals surface area contributed by atoms with Gasteiger partial charge < -0.3 is 5.32 Å². The SMILES string of the molecule is FC(F)(F)CCCNCC(Cl)C1CC1. The molecular weight excluding hydrogens is 215 g/mol. The monoisotopic (exact) mass is 229 g/mol. The van der Waals surface area contributed by atoms with Gasteiger partial charge in [-0.2, -0.15) is 13.2 Å². The molecule has 0 spiro atoms. The van der Waals surface area contributed by atoms with Gasteiger partial charge in [0.05, 0.1) is 0 Å². The predicted octanol–water partition coefficient (Wildman–Crippen LogP) is 2.94. The standard InChI is InChI=1S/C9H15ClF3N/c10-8(7-2-3-7)6-14-5-1-4-9(11,12)13/h7-8,14H,1-6H2. The zero-order valence-corrected chi connectivity index (χ0v) is 8.67. The van der Waals surface area contributed by atoms with Crippen LogP contribution >= 0.6 is 11.6 Å². The van der Waals surface area contributed by atoms with Gasteiger partial charge in [0, 0.05) is 18.3 Å². The molecule has 1 atom stereocenters. The van der Waals surface area contributed by atoms with Crippen LogP contribution in [0.2, 0.25) is 0 Å². The van der Waals surface area contributed by atoms with Crippen molar-refractivity contribution in [3.05, 3.63) is 0 Å². The summed E-state index contributed by atoms with van der Waals surface area (Å²) in [6.45, 7) is 1.03. The molecule has 5 heteroatoms. The predicted molar refractivity (Wildman–Crippen MR) is 50.5 cm³/mol. The van der Waals surface area contributed by atoms with Crippen molar-refractivity contribution in [2.24, 2.45) is 5.92 Å². The van der Waals surface area contributed by atoms with Crippen molar-refractivity contribution in [1.82, 2.24) is 5.32 Å². The van der Waals surface area contributed by atoms with Gasteiger partial charge in [0.1, 0.15) is 0 Å². The van der Waals surface area contributed by atoms with E-state index in [1.807, 2.05) is 0 Å². The summed E-state index contributed by atoms with van der Waals surface area (Å²) < 4.78 is 35.2. The maximum absolute atomic E-state index is 11.7. The van der Waals surface area contributed by atoms with Crippen molar-refractivity contribution in [3.63, 3.8) is 0 Å². The van der Waals surface area contributed by atoms with Gasteiger partial charge in [-0.25, -0.2) is 0 Å². The van der Waals surface area contributed by atoms with Crippen molar-refractivity contribution in [2.45, 2.75) is 37.2 Å². The fourth-order valence-corrected chi connectivity index (χ4v) is 1.64. The van der Waals surface area contributed by atoms with Crippen LogP contribution in [-0.4, -0.2) is 24.6 Å². The van der Waals surface area contributed by atoms with Gasteiger partial charge >= 0.3 is 6.18 Å². The van der Waals surface area contributed by atoms with Gasteiger partial charge in [-0.1, -0.05) is 0 Å². The fourth-order valence-electron chi connectivity index (χ4n) is 1.28. The van der Waals surface area contributed by atoms with Crippen LogP contribution in [-0.2, 0) is 0 Å². The summed E-state index contributed by atoms with van der Waals surface area (Å²) >= 11 is 5.96. The smallest absolute Gasteiger partial charge is 0.315 e. The van der Waals surface area contributed by atoms with E-state index < -0.39 is 12.6 Å². The first-order valence-corrected chi connectivity index (χ1v) is 5.34. The Bertz CT molecular complexity index is 168. The van der Waals surface area contributed by atoms with Crippen LogP contribution in [0.4, 0.5) is 13.2 Å². The lowest BCUT2D eigenvalue weighted by atomic mass is 10.2. The molecule has 0 radical (unpaired) electrons. The molecule has 14 heavy (non-hydrogen) atoms. The third-order valence-electron chi connectivity index (χ3n) is 2.29. The maximum atomic E-state index is 11.7. The van der Waals surface area contributed by atoms with E-state index in [1.165, 1.54) is 12.8 Å². The Hall–Kier alpha value is 0.0400. The maximum Gasteiger partial charge on any atom is 0.389 e. The minimum atomic E-state index is -4.03. The van der Waals surface area contributed by atoms with Crippen LogP contribution in [0, 0.1) is 5.92 Å². The van der Waals surface area contributed by atoms with E-state index >= 15 is 0 Å². The van der Waals surface area contributed by atoms with E-state index in [1.54, 1.807) is 0 Å². The first-order valence-electron chi connectivity index (χ1n) is 4.90. The van der Waals surface area contributed by atoms with Crippen LogP contribution < -0.4 is 5.32 Å². The highest BCUT2D eigenvalue weighted by Gasteiger charge is 2.29. The van der Waals surface area contributed by atoms with Crippen molar-refractivity contribution < 1.29 is 13.2 Å². The van der Waals surface area contributed by atoms with E-state index in [-0.39, 0.29) is 11.8 Å². The quantitative estimate of drug-likeness (QED) is 0.546. The Morgan fingerprint density at radius 3 is 2.50 bits per heavy atom. The Labute approximate surface area is 87.0 Å². The number of halogens is 4. The molecule has 0 bridgehead atoms. The summed E-state index contributed by atoms with van der Waals surface area (Å²) in [6.07, 6.45) is -2.27. The summed E-state index contributed by atoms with van der Waals surface area (Å²) in [7, 11) is 0. The summed E-state index contributed by atoms with van der Waals surface area (Å²) in [5, 5.41) is 3.05. The molecule has 0 aromatic carbocycles. The first-order chi connectivity index (χ1) is 6.49. The van der Waals surface area contributed by atoms with Crippen molar-refractivity contribution in [3.8, 4) is 0 Å². The Morgan fingerprint density at radius 2 is 2.00 bits per heavy atom. The average Bonchev–Trinajstić information content (AvgIpc) is 2.83. The second-order valence-electron chi connectivity index (χ2n) is 3.78. The van der Waals surface area contributed by atoms with Crippen LogP contribution in [0.3, 0.4) is 0 Å². The minimum absolute atomic E-state index is 0.0980. The molecule has 1 nitrogen and oxygen atoms in total. The number of hydrogen-bond acceptors (Lipinski definition) is 1. The van der Waals surface area contributed by atoms with Crippen LogP contribution in [0.15, 0.2) is 0 Å². The molecule has 1 saturated carbocycles. The van der Waals surface area contributed by atoms with Gasteiger partial charge in [-0.15, -0.1) is 11.6 Å². The zero-order valence-electron chi connectivity index (χ0n) is 7.91. The number of rotatable bonds is 6. The number of nitrogens with one attached hydrogen (secondary N) is 1. The number of alkyl halides is 4. The Morgan fingerprint density at radius 1 is 1.36 bits per heavy atom. The van der Waals surface area contributed by atoms with Crippen molar-refractivity contribution in [1.29, 1.82) is 0 Å². The van der Waals surface area contributed by atoms with Crippen LogP contribution in [0.1, 0.15) is 25.7 Å². The molecule has 1 N–H and O–H groups in total. The lowest BCUT2D eigenvalue weighted by Crippen LogP contribution is -2.26. The summed E-state index contributed by atoms with van der Waals surface area (Å²) in [5.74, 6) is 0.590. The third kappa shape index (κ3) is 5.70. The largest absolute Gasteiger partial charge is 0.389 e. The second kappa shape index (κ2) is 5.21.